The predicted octanol–water partition coefficient (Wildman–Crippen LogP) is 4.22. The lowest BCUT2D eigenvalue weighted by Crippen LogP contribution is -2.18. The van der Waals surface area contributed by atoms with Crippen LogP contribution in [0.1, 0.15) is 31.4 Å². The highest BCUT2D eigenvalue weighted by Crippen LogP contribution is 2.30. The molecule has 3 heteroatoms. The van der Waals surface area contributed by atoms with E-state index in [1.54, 1.807) is 0 Å². The van der Waals surface area contributed by atoms with E-state index >= 15 is 0 Å². The van der Waals surface area contributed by atoms with Crippen LogP contribution < -0.4 is 15.0 Å². The van der Waals surface area contributed by atoms with Gasteiger partial charge in [0, 0.05) is 20.1 Å². The van der Waals surface area contributed by atoms with Crippen LogP contribution in [0.25, 0.3) is 0 Å². The van der Waals surface area contributed by atoms with Gasteiger partial charge in [0.15, 0.2) is 0 Å². The first-order valence-corrected chi connectivity index (χ1v) is 8.46. The van der Waals surface area contributed by atoms with E-state index < -0.39 is 0 Å². The number of nitrogens with one attached hydrogen (secondary N) is 1. The standard InChI is InChI=1S/C20H28N2O/c1-4-13-21-15-18-11-12-19(20(14-18)23-5-2)22(3)16-17-9-7-6-8-10-17/h6-12,14,21H,4-5,13,15-16H2,1-3H3. The monoisotopic (exact) mass is 312 g/mol. The first-order valence-electron chi connectivity index (χ1n) is 8.46. The number of hydrogen-bond acceptors (Lipinski definition) is 3. The second-order valence-electron chi connectivity index (χ2n) is 5.75. The van der Waals surface area contributed by atoms with E-state index in [1.165, 1.54) is 11.1 Å². The van der Waals surface area contributed by atoms with Gasteiger partial charge in [0.05, 0.1) is 12.3 Å². The summed E-state index contributed by atoms with van der Waals surface area (Å²) in [6, 6.07) is 17.0. The smallest absolute Gasteiger partial charge is 0.142 e. The molecule has 0 spiro atoms. The lowest BCUT2D eigenvalue weighted by atomic mass is 10.1. The van der Waals surface area contributed by atoms with Crippen LogP contribution in [0.3, 0.4) is 0 Å². The Kier molecular flexibility index (Phi) is 6.95. The molecule has 1 N–H and O–H groups in total. The molecular formula is C20H28N2O. The van der Waals surface area contributed by atoms with Crippen LogP contribution in [0.2, 0.25) is 0 Å². The van der Waals surface area contributed by atoms with Gasteiger partial charge in [-0.15, -0.1) is 0 Å². The average molecular weight is 312 g/mol. The summed E-state index contributed by atoms with van der Waals surface area (Å²) in [6.45, 7) is 7.69. The molecule has 124 valence electrons. The quantitative estimate of drug-likeness (QED) is 0.702. The third-order valence-corrected chi connectivity index (χ3v) is 3.75. The maximum atomic E-state index is 5.87. The molecule has 0 fully saturated rings. The van der Waals surface area contributed by atoms with Crippen molar-refractivity contribution in [2.45, 2.75) is 33.4 Å². The number of anilines is 1. The second-order valence-corrected chi connectivity index (χ2v) is 5.75. The fraction of sp³-hybridized carbons (Fsp3) is 0.400. The topological polar surface area (TPSA) is 24.5 Å². The maximum Gasteiger partial charge on any atom is 0.142 e. The van der Waals surface area contributed by atoms with Gasteiger partial charge < -0.3 is 15.0 Å². The van der Waals surface area contributed by atoms with Crippen molar-refractivity contribution in [1.29, 1.82) is 0 Å². The zero-order valence-electron chi connectivity index (χ0n) is 14.5. The van der Waals surface area contributed by atoms with Gasteiger partial charge in [-0.1, -0.05) is 43.3 Å². The minimum absolute atomic E-state index is 0.679. The predicted molar refractivity (Wildman–Crippen MR) is 98.2 cm³/mol. The van der Waals surface area contributed by atoms with E-state index in [2.05, 4.69) is 66.7 Å². The number of ether oxygens (including phenoxy) is 1. The molecule has 0 aromatic heterocycles. The van der Waals surface area contributed by atoms with E-state index in [9.17, 15) is 0 Å². The van der Waals surface area contributed by atoms with Crippen molar-refractivity contribution in [3.8, 4) is 5.75 Å². The normalized spacial score (nSPS) is 10.6. The van der Waals surface area contributed by atoms with Gasteiger partial charge in [-0.05, 0) is 43.1 Å². The fourth-order valence-corrected chi connectivity index (χ4v) is 2.61. The van der Waals surface area contributed by atoms with Gasteiger partial charge in [-0.25, -0.2) is 0 Å². The van der Waals surface area contributed by atoms with Crippen LogP contribution in [0.4, 0.5) is 5.69 Å². The first-order chi connectivity index (χ1) is 11.2. The van der Waals surface area contributed by atoms with E-state index in [0.717, 1.165) is 37.5 Å². The summed E-state index contributed by atoms with van der Waals surface area (Å²) in [4.78, 5) is 2.24. The van der Waals surface area contributed by atoms with Crippen LogP contribution >= 0.6 is 0 Å². The van der Waals surface area contributed by atoms with Crippen molar-refractivity contribution in [1.82, 2.24) is 5.32 Å². The summed E-state index contributed by atoms with van der Waals surface area (Å²) in [5, 5.41) is 3.44. The Hall–Kier alpha value is -2.00. The van der Waals surface area contributed by atoms with Gasteiger partial charge in [-0.3, -0.25) is 0 Å². The minimum atomic E-state index is 0.679. The summed E-state index contributed by atoms with van der Waals surface area (Å²) in [6.07, 6.45) is 1.15. The Labute approximate surface area is 140 Å². The molecule has 0 aliphatic rings. The van der Waals surface area contributed by atoms with Crippen molar-refractivity contribution in [3.63, 3.8) is 0 Å². The molecule has 0 saturated heterocycles. The Morgan fingerprint density at radius 3 is 2.48 bits per heavy atom. The third-order valence-electron chi connectivity index (χ3n) is 3.75. The molecule has 0 amide bonds. The summed E-state index contributed by atoms with van der Waals surface area (Å²) in [7, 11) is 2.11. The summed E-state index contributed by atoms with van der Waals surface area (Å²) >= 11 is 0. The van der Waals surface area contributed by atoms with Crippen molar-refractivity contribution < 1.29 is 4.74 Å². The SMILES string of the molecule is CCCNCc1ccc(N(C)Cc2ccccc2)c(OCC)c1. The number of hydrogen-bond donors (Lipinski definition) is 1. The van der Waals surface area contributed by atoms with Crippen molar-refractivity contribution in [2.75, 3.05) is 25.1 Å². The van der Waals surface area contributed by atoms with E-state index in [-0.39, 0.29) is 0 Å². The van der Waals surface area contributed by atoms with Crippen molar-refractivity contribution in [3.05, 3.63) is 59.7 Å². The van der Waals surface area contributed by atoms with Crippen LogP contribution in [0.15, 0.2) is 48.5 Å². The van der Waals surface area contributed by atoms with Crippen molar-refractivity contribution in [2.24, 2.45) is 0 Å². The Morgan fingerprint density at radius 2 is 1.78 bits per heavy atom. The molecular weight excluding hydrogens is 284 g/mol. The largest absolute Gasteiger partial charge is 0.492 e. The van der Waals surface area contributed by atoms with Crippen LogP contribution in [0.5, 0.6) is 5.75 Å². The average Bonchev–Trinajstić information content (AvgIpc) is 2.56. The van der Waals surface area contributed by atoms with Crippen molar-refractivity contribution >= 4 is 5.69 Å². The molecule has 0 aliphatic carbocycles. The Bertz CT molecular complexity index is 583. The first kappa shape index (κ1) is 17.4. The summed E-state index contributed by atoms with van der Waals surface area (Å²) in [5.41, 5.74) is 3.69. The third kappa shape index (κ3) is 5.29. The zero-order valence-corrected chi connectivity index (χ0v) is 14.5. The number of nitrogens with zero attached hydrogens (tertiary/aromatic N) is 1. The molecule has 0 heterocycles. The Morgan fingerprint density at radius 1 is 1.00 bits per heavy atom. The van der Waals surface area contributed by atoms with Gasteiger partial charge in [0.1, 0.15) is 5.75 Å². The molecule has 2 aromatic rings. The molecule has 2 rings (SSSR count). The van der Waals surface area contributed by atoms with Crippen LogP contribution in [0, 0.1) is 0 Å². The highest BCUT2D eigenvalue weighted by molar-refractivity contribution is 5.59. The highest BCUT2D eigenvalue weighted by Gasteiger charge is 2.10. The van der Waals surface area contributed by atoms with E-state index in [1.807, 2.05) is 13.0 Å². The lowest BCUT2D eigenvalue weighted by Gasteiger charge is -2.23. The molecule has 0 radical (unpaired) electrons. The van der Waals surface area contributed by atoms with E-state index in [0.29, 0.717) is 6.61 Å². The molecule has 23 heavy (non-hydrogen) atoms. The van der Waals surface area contributed by atoms with E-state index in [4.69, 9.17) is 4.74 Å². The minimum Gasteiger partial charge on any atom is -0.492 e. The van der Waals surface area contributed by atoms with Gasteiger partial charge in [0.2, 0.25) is 0 Å². The summed E-state index contributed by atoms with van der Waals surface area (Å²) in [5.74, 6) is 0.960. The number of benzene rings is 2. The van der Waals surface area contributed by atoms with Crippen LogP contribution in [-0.4, -0.2) is 20.2 Å². The highest BCUT2D eigenvalue weighted by atomic mass is 16.5. The van der Waals surface area contributed by atoms with Gasteiger partial charge >= 0.3 is 0 Å². The lowest BCUT2D eigenvalue weighted by molar-refractivity contribution is 0.340. The second kappa shape index (κ2) is 9.21. The Balaban J connectivity index is 2.12. The molecule has 0 atom stereocenters. The van der Waals surface area contributed by atoms with Gasteiger partial charge in [0.25, 0.3) is 0 Å². The molecule has 3 nitrogen and oxygen atoms in total. The molecule has 0 unspecified atom stereocenters. The zero-order chi connectivity index (χ0) is 16.5. The van der Waals surface area contributed by atoms with Crippen LogP contribution in [-0.2, 0) is 13.1 Å². The fourth-order valence-electron chi connectivity index (χ4n) is 2.61. The number of rotatable bonds is 9. The summed E-state index contributed by atoms with van der Waals surface area (Å²) < 4.78 is 5.87. The molecule has 0 aliphatic heterocycles. The molecule has 2 aromatic carbocycles. The van der Waals surface area contributed by atoms with Gasteiger partial charge in [-0.2, -0.15) is 0 Å². The molecule has 0 bridgehead atoms. The maximum absolute atomic E-state index is 5.87. The molecule has 0 saturated carbocycles.